The molecule has 0 aromatic heterocycles. The van der Waals surface area contributed by atoms with Crippen molar-refractivity contribution in [2.75, 3.05) is 19.6 Å². The molecule has 1 unspecified atom stereocenters. The summed E-state index contributed by atoms with van der Waals surface area (Å²) in [5.74, 6) is -0.462. The summed E-state index contributed by atoms with van der Waals surface area (Å²) < 4.78 is 18.1. The van der Waals surface area contributed by atoms with E-state index in [-0.39, 0.29) is 17.5 Å². The number of likely N-dealkylation sites (tertiary alicyclic amines) is 1. The molecule has 0 radical (unpaired) electrons. The number of halogens is 2. The predicted octanol–water partition coefficient (Wildman–Crippen LogP) is 4.81. The van der Waals surface area contributed by atoms with Crippen molar-refractivity contribution in [2.24, 2.45) is 5.92 Å². The maximum absolute atomic E-state index is 13.0. The summed E-state index contributed by atoms with van der Waals surface area (Å²) in [4.78, 5) is 25.8. The van der Waals surface area contributed by atoms with Crippen molar-refractivity contribution in [1.29, 1.82) is 0 Å². The lowest BCUT2D eigenvalue weighted by atomic mass is 9.88. The molecule has 0 bridgehead atoms. The zero-order valence-electron chi connectivity index (χ0n) is 15.2. The summed E-state index contributed by atoms with van der Waals surface area (Å²) in [5.41, 5.74) is 1.21. The van der Waals surface area contributed by atoms with Gasteiger partial charge in [-0.15, -0.1) is 0 Å². The molecule has 148 valence electrons. The lowest BCUT2D eigenvalue weighted by Gasteiger charge is -2.33. The Morgan fingerprint density at radius 1 is 1.18 bits per heavy atom. The van der Waals surface area contributed by atoms with Crippen LogP contribution in [0.25, 0.3) is 0 Å². The lowest BCUT2D eigenvalue weighted by molar-refractivity contribution is 0.0268. The fraction of sp³-hybridized carbons (Fsp3) is 0.333. The third-order valence-corrected chi connectivity index (χ3v) is 5.21. The second kappa shape index (κ2) is 9.17. The number of nitrogens with zero attached hydrogens (tertiary/aromatic N) is 1. The van der Waals surface area contributed by atoms with Crippen LogP contribution in [0.4, 0.5) is 9.18 Å². The SMILES string of the molecule is O=C(O)OC(CN1CCC(C(=O)c2ccc(F)cc2)CC1)c1cccc(Cl)c1. The summed E-state index contributed by atoms with van der Waals surface area (Å²) in [5, 5.41) is 9.57. The molecule has 3 rings (SSSR count). The van der Waals surface area contributed by atoms with E-state index in [2.05, 4.69) is 4.90 Å². The molecule has 0 aliphatic carbocycles. The molecule has 0 amide bonds. The summed E-state index contributed by atoms with van der Waals surface area (Å²) in [6, 6.07) is 12.6. The minimum absolute atomic E-state index is 0.0211. The summed E-state index contributed by atoms with van der Waals surface area (Å²) in [7, 11) is 0. The molecular weight excluding hydrogens is 385 g/mol. The Balaban J connectivity index is 1.60. The van der Waals surface area contributed by atoms with Crippen LogP contribution in [0.3, 0.4) is 0 Å². The maximum atomic E-state index is 13.0. The molecule has 1 fully saturated rings. The highest BCUT2D eigenvalue weighted by molar-refractivity contribution is 6.30. The third-order valence-electron chi connectivity index (χ3n) is 4.97. The van der Waals surface area contributed by atoms with Crippen LogP contribution in [0.1, 0.15) is 34.9 Å². The Bertz CT molecular complexity index is 835. The second-order valence-electron chi connectivity index (χ2n) is 6.87. The molecule has 1 heterocycles. The quantitative estimate of drug-likeness (QED) is 0.551. The van der Waals surface area contributed by atoms with Gasteiger partial charge in [0, 0.05) is 23.0 Å². The number of ketones is 1. The number of Topliss-reactive ketones (excluding diaryl/α,β-unsaturated/α-hetero) is 1. The van der Waals surface area contributed by atoms with Crippen LogP contribution in [0, 0.1) is 11.7 Å². The van der Waals surface area contributed by atoms with Gasteiger partial charge in [0.15, 0.2) is 5.78 Å². The molecule has 2 aromatic rings. The first-order chi connectivity index (χ1) is 13.4. The van der Waals surface area contributed by atoms with Gasteiger partial charge in [0.1, 0.15) is 11.9 Å². The van der Waals surface area contributed by atoms with Gasteiger partial charge in [0.2, 0.25) is 0 Å². The molecule has 0 saturated carbocycles. The topological polar surface area (TPSA) is 66.8 Å². The van der Waals surface area contributed by atoms with Gasteiger partial charge in [-0.25, -0.2) is 9.18 Å². The number of ether oxygens (including phenoxy) is 1. The van der Waals surface area contributed by atoms with E-state index in [1.54, 1.807) is 24.3 Å². The van der Waals surface area contributed by atoms with E-state index in [0.29, 0.717) is 48.6 Å². The lowest BCUT2D eigenvalue weighted by Crippen LogP contribution is -2.39. The Hall–Kier alpha value is -2.44. The average molecular weight is 406 g/mol. The largest absolute Gasteiger partial charge is 0.506 e. The first kappa shape index (κ1) is 20.3. The molecule has 1 aliphatic rings. The Kier molecular flexibility index (Phi) is 6.65. The van der Waals surface area contributed by atoms with Gasteiger partial charge in [-0.2, -0.15) is 0 Å². The van der Waals surface area contributed by atoms with Gasteiger partial charge >= 0.3 is 6.16 Å². The van der Waals surface area contributed by atoms with E-state index in [1.807, 2.05) is 0 Å². The van der Waals surface area contributed by atoms with Crippen LogP contribution in [-0.4, -0.2) is 41.6 Å². The number of hydrogen-bond donors (Lipinski definition) is 1. The van der Waals surface area contributed by atoms with E-state index >= 15 is 0 Å². The predicted molar refractivity (Wildman–Crippen MR) is 103 cm³/mol. The molecule has 7 heteroatoms. The van der Waals surface area contributed by atoms with E-state index < -0.39 is 12.3 Å². The Morgan fingerprint density at radius 3 is 2.46 bits per heavy atom. The van der Waals surface area contributed by atoms with Gasteiger partial charge in [-0.05, 0) is 67.9 Å². The number of carbonyl (C=O) groups is 2. The van der Waals surface area contributed by atoms with Crippen LogP contribution >= 0.6 is 11.6 Å². The fourth-order valence-electron chi connectivity index (χ4n) is 3.50. The molecule has 28 heavy (non-hydrogen) atoms. The van der Waals surface area contributed by atoms with Crippen LogP contribution in [0.5, 0.6) is 0 Å². The Morgan fingerprint density at radius 2 is 1.86 bits per heavy atom. The third kappa shape index (κ3) is 5.30. The summed E-state index contributed by atoms with van der Waals surface area (Å²) in [6.07, 6.45) is -0.677. The molecule has 1 atom stereocenters. The van der Waals surface area contributed by atoms with Crippen LogP contribution < -0.4 is 0 Å². The zero-order chi connectivity index (χ0) is 20.1. The number of benzene rings is 2. The normalized spacial score (nSPS) is 16.5. The molecular formula is C21H21ClFNO4. The van der Waals surface area contributed by atoms with Gasteiger partial charge < -0.3 is 9.84 Å². The summed E-state index contributed by atoms with van der Waals surface area (Å²) in [6.45, 7) is 1.69. The van der Waals surface area contributed by atoms with E-state index in [0.717, 1.165) is 0 Å². The molecule has 0 spiro atoms. The first-order valence-corrected chi connectivity index (χ1v) is 9.47. The van der Waals surface area contributed by atoms with Crippen molar-refractivity contribution >= 4 is 23.5 Å². The molecule has 1 aliphatic heterocycles. The van der Waals surface area contributed by atoms with Crippen LogP contribution in [0.15, 0.2) is 48.5 Å². The molecule has 1 saturated heterocycles. The monoisotopic (exact) mass is 405 g/mol. The van der Waals surface area contributed by atoms with Gasteiger partial charge in [0.05, 0.1) is 0 Å². The maximum Gasteiger partial charge on any atom is 0.506 e. The van der Waals surface area contributed by atoms with E-state index in [9.17, 15) is 14.0 Å². The highest BCUT2D eigenvalue weighted by Gasteiger charge is 2.28. The number of rotatable bonds is 6. The van der Waals surface area contributed by atoms with Crippen molar-refractivity contribution in [1.82, 2.24) is 4.90 Å². The van der Waals surface area contributed by atoms with Crippen LogP contribution in [-0.2, 0) is 4.74 Å². The number of carbonyl (C=O) groups excluding carboxylic acids is 1. The van der Waals surface area contributed by atoms with Crippen molar-refractivity contribution in [3.05, 3.63) is 70.5 Å². The molecule has 5 nitrogen and oxygen atoms in total. The van der Waals surface area contributed by atoms with Crippen molar-refractivity contribution in [2.45, 2.75) is 18.9 Å². The van der Waals surface area contributed by atoms with Crippen molar-refractivity contribution in [3.8, 4) is 0 Å². The van der Waals surface area contributed by atoms with Crippen LogP contribution in [0.2, 0.25) is 5.02 Å². The second-order valence-corrected chi connectivity index (χ2v) is 7.31. The highest BCUT2D eigenvalue weighted by atomic mass is 35.5. The smallest absolute Gasteiger partial charge is 0.450 e. The number of piperidine rings is 1. The zero-order valence-corrected chi connectivity index (χ0v) is 15.9. The van der Waals surface area contributed by atoms with Gasteiger partial charge in [-0.1, -0.05) is 23.7 Å². The van der Waals surface area contributed by atoms with E-state index in [4.69, 9.17) is 21.4 Å². The molecule has 1 N–H and O–H groups in total. The first-order valence-electron chi connectivity index (χ1n) is 9.09. The van der Waals surface area contributed by atoms with Gasteiger partial charge in [0.25, 0.3) is 0 Å². The minimum atomic E-state index is -1.34. The number of hydrogen-bond acceptors (Lipinski definition) is 4. The van der Waals surface area contributed by atoms with Crippen molar-refractivity contribution in [3.63, 3.8) is 0 Å². The Labute approximate surface area is 167 Å². The van der Waals surface area contributed by atoms with E-state index in [1.165, 1.54) is 24.3 Å². The standard InChI is InChI=1S/C21H21ClFNO4/c22-17-3-1-2-16(12-17)19(28-21(26)27)13-24-10-8-15(9-11-24)20(25)14-4-6-18(23)7-5-14/h1-7,12,15,19H,8-11,13H2,(H,26,27). The average Bonchev–Trinajstić information content (AvgIpc) is 2.68. The van der Waals surface area contributed by atoms with Crippen molar-refractivity contribution < 1.29 is 23.8 Å². The summed E-state index contributed by atoms with van der Waals surface area (Å²) >= 11 is 6.01. The minimum Gasteiger partial charge on any atom is -0.450 e. The van der Waals surface area contributed by atoms with Gasteiger partial charge in [-0.3, -0.25) is 9.69 Å². The molecule has 2 aromatic carbocycles. The number of carboxylic acid groups (broad SMARTS) is 1. The fourth-order valence-corrected chi connectivity index (χ4v) is 3.70. The highest BCUT2D eigenvalue weighted by Crippen LogP contribution is 2.26.